The number of benzene rings is 2. The van der Waals surface area contributed by atoms with Gasteiger partial charge < -0.3 is 10.1 Å². The highest BCUT2D eigenvalue weighted by atomic mass is 32.2. The second kappa shape index (κ2) is 8.79. The number of hydrogen-bond donors (Lipinski definition) is 1. The van der Waals surface area contributed by atoms with Gasteiger partial charge in [0.25, 0.3) is 0 Å². The van der Waals surface area contributed by atoms with Gasteiger partial charge in [0.05, 0.1) is 23.6 Å². The molecule has 0 unspecified atom stereocenters. The summed E-state index contributed by atoms with van der Waals surface area (Å²) in [6.07, 6.45) is 0. The van der Waals surface area contributed by atoms with Gasteiger partial charge in [-0.2, -0.15) is 4.31 Å². The first kappa shape index (κ1) is 20.6. The van der Waals surface area contributed by atoms with Gasteiger partial charge in [0.2, 0.25) is 15.9 Å². The molecule has 0 aromatic heterocycles. The Balaban J connectivity index is 2.12. The molecule has 0 fully saturated rings. The van der Waals surface area contributed by atoms with E-state index in [0.29, 0.717) is 16.8 Å². The van der Waals surface area contributed by atoms with E-state index in [9.17, 15) is 18.0 Å². The fourth-order valence-electron chi connectivity index (χ4n) is 2.45. The molecule has 0 aliphatic carbocycles. The van der Waals surface area contributed by atoms with E-state index in [1.54, 1.807) is 50.2 Å². The summed E-state index contributed by atoms with van der Waals surface area (Å²) < 4.78 is 30.9. The standard InChI is InChI=1S/C19H22N2O5S/c1-4-26-19(23)16-11-8-12-17(14(16)2)20-18(22)13-21(3)27(24,25)15-9-6-5-7-10-15/h5-12H,4,13H2,1-3H3,(H,20,22). The number of rotatable bonds is 7. The van der Waals surface area contributed by atoms with Crippen LogP contribution >= 0.6 is 0 Å². The Hall–Kier alpha value is -2.71. The number of hydrogen-bond acceptors (Lipinski definition) is 5. The van der Waals surface area contributed by atoms with Crippen LogP contribution in [0.5, 0.6) is 0 Å². The van der Waals surface area contributed by atoms with Crippen LogP contribution in [0.2, 0.25) is 0 Å². The molecule has 1 amide bonds. The van der Waals surface area contributed by atoms with Crippen LogP contribution in [-0.4, -0.2) is 44.8 Å². The van der Waals surface area contributed by atoms with E-state index >= 15 is 0 Å². The van der Waals surface area contributed by atoms with E-state index in [0.717, 1.165) is 4.31 Å². The minimum Gasteiger partial charge on any atom is -0.462 e. The van der Waals surface area contributed by atoms with E-state index in [1.165, 1.54) is 19.2 Å². The predicted octanol–water partition coefficient (Wildman–Crippen LogP) is 2.43. The van der Waals surface area contributed by atoms with Crippen LogP contribution in [0.4, 0.5) is 5.69 Å². The Morgan fingerprint density at radius 1 is 1.07 bits per heavy atom. The second-order valence-corrected chi connectivity index (χ2v) is 7.87. The molecule has 1 N–H and O–H groups in total. The number of carbonyl (C=O) groups excluding carboxylic acids is 2. The van der Waals surface area contributed by atoms with Crippen molar-refractivity contribution in [2.45, 2.75) is 18.7 Å². The van der Waals surface area contributed by atoms with Crippen molar-refractivity contribution < 1.29 is 22.7 Å². The molecular formula is C19H22N2O5S. The van der Waals surface area contributed by atoms with Gasteiger partial charge in [0, 0.05) is 12.7 Å². The highest BCUT2D eigenvalue weighted by Gasteiger charge is 2.23. The summed E-state index contributed by atoms with van der Waals surface area (Å²) in [7, 11) is -2.43. The number of nitrogens with zero attached hydrogens (tertiary/aromatic N) is 1. The normalized spacial score (nSPS) is 11.3. The molecule has 0 saturated heterocycles. The molecule has 0 aliphatic heterocycles. The average Bonchev–Trinajstić information content (AvgIpc) is 2.64. The van der Waals surface area contributed by atoms with Gasteiger partial charge in [-0.1, -0.05) is 24.3 Å². The summed E-state index contributed by atoms with van der Waals surface area (Å²) in [6.45, 7) is 3.28. The molecule has 2 aromatic rings. The molecule has 0 spiro atoms. The lowest BCUT2D eigenvalue weighted by Crippen LogP contribution is -2.35. The molecule has 7 nitrogen and oxygen atoms in total. The minimum absolute atomic E-state index is 0.112. The molecule has 0 heterocycles. The maximum Gasteiger partial charge on any atom is 0.338 e. The number of esters is 1. The number of likely N-dealkylation sites (N-methyl/N-ethyl adjacent to an activating group) is 1. The third-order valence-corrected chi connectivity index (χ3v) is 5.74. The van der Waals surface area contributed by atoms with Crippen LogP contribution < -0.4 is 5.32 Å². The first-order valence-electron chi connectivity index (χ1n) is 8.35. The van der Waals surface area contributed by atoms with Crippen LogP contribution in [0.15, 0.2) is 53.4 Å². The van der Waals surface area contributed by atoms with Crippen LogP contribution in [0, 0.1) is 6.92 Å². The third-order valence-electron chi connectivity index (χ3n) is 3.92. The Bertz CT molecular complexity index is 926. The Morgan fingerprint density at radius 3 is 2.37 bits per heavy atom. The Morgan fingerprint density at radius 2 is 1.74 bits per heavy atom. The zero-order chi connectivity index (χ0) is 20.0. The summed E-state index contributed by atoms with van der Waals surface area (Å²) in [4.78, 5) is 24.4. The van der Waals surface area contributed by atoms with Gasteiger partial charge in [0.1, 0.15) is 0 Å². The van der Waals surface area contributed by atoms with Crippen LogP contribution in [0.1, 0.15) is 22.8 Å². The van der Waals surface area contributed by atoms with Gasteiger partial charge in [-0.15, -0.1) is 0 Å². The lowest BCUT2D eigenvalue weighted by molar-refractivity contribution is -0.116. The van der Waals surface area contributed by atoms with Crippen molar-refractivity contribution in [1.29, 1.82) is 0 Å². The SMILES string of the molecule is CCOC(=O)c1cccc(NC(=O)CN(C)S(=O)(=O)c2ccccc2)c1C. The molecule has 27 heavy (non-hydrogen) atoms. The van der Waals surface area contributed by atoms with E-state index in [2.05, 4.69) is 5.32 Å². The number of nitrogens with one attached hydrogen (secondary N) is 1. The van der Waals surface area contributed by atoms with Crippen molar-refractivity contribution in [2.75, 3.05) is 25.5 Å². The number of sulfonamides is 1. The van der Waals surface area contributed by atoms with Crippen molar-refractivity contribution in [2.24, 2.45) is 0 Å². The van der Waals surface area contributed by atoms with Gasteiger partial charge in [-0.3, -0.25) is 4.79 Å². The lowest BCUT2D eigenvalue weighted by atomic mass is 10.1. The first-order valence-corrected chi connectivity index (χ1v) is 9.79. The maximum atomic E-state index is 12.5. The van der Waals surface area contributed by atoms with Crippen molar-refractivity contribution in [3.05, 3.63) is 59.7 Å². The summed E-state index contributed by atoms with van der Waals surface area (Å²) in [5.74, 6) is -0.990. The number of anilines is 1. The molecule has 0 aliphatic rings. The smallest absolute Gasteiger partial charge is 0.338 e. The van der Waals surface area contributed by atoms with E-state index in [1.807, 2.05) is 0 Å². The molecule has 8 heteroatoms. The highest BCUT2D eigenvalue weighted by Crippen LogP contribution is 2.20. The van der Waals surface area contributed by atoms with E-state index in [4.69, 9.17) is 4.74 Å². The monoisotopic (exact) mass is 390 g/mol. The van der Waals surface area contributed by atoms with Gasteiger partial charge >= 0.3 is 5.97 Å². The number of amides is 1. The van der Waals surface area contributed by atoms with Crippen molar-refractivity contribution >= 4 is 27.6 Å². The molecular weight excluding hydrogens is 368 g/mol. The zero-order valence-corrected chi connectivity index (χ0v) is 16.2. The molecule has 0 saturated carbocycles. The second-order valence-electron chi connectivity index (χ2n) is 5.82. The maximum absolute atomic E-state index is 12.5. The molecule has 0 bridgehead atoms. The lowest BCUT2D eigenvalue weighted by Gasteiger charge is -2.18. The molecule has 2 rings (SSSR count). The van der Waals surface area contributed by atoms with Crippen LogP contribution in [-0.2, 0) is 19.6 Å². The summed E-state index contributed by atoms with van der Waals surface area (Å²) in [6, 6.07) is 12.8. The van der Waals surface area contributed by atoms with Gasteiger partial charge in [-0.25, -0.2) is 13.2 Å². The van der Waals surface area contributed by atoms with Crippen LogP contribution in [0.3, 0.4) is 0 Å². The summed E-state index contributed by atoms with van der Waals surface area (Å²) in [5, 5.41) is 2.65. The average molecular weight is 390 g/mol. The zero-order valence-electron chi connectivity index (χ0n) is 15.4. The first-order chi connectivity index (χ1) is 12.8. The van der Waals surface area contributed by atoms with Crippen molar-refractivity contribution in [3.8, 4) is 0 Å². The highest BCUT2D eigenvalue weighted by molar-refractivity contribution is 7.89. The molecule has 144 valence electrons. The summed E-state index contributed by atoms with van der Waals surface area (Å²) >= 11 is 0. The topological polar surface area (TPSA) is 92.8 Å². The minimum atomic E-state index is -3.77. The summed E-state index contributed by atoms with van der Waals surface area (Å²) in [5.41, 5.74) is 1.33. The Kier molecular flexibility index (Phi) is 6.70. The fraction of sp³-hybridized carbons (Fsp3) is 0.263. The predicted molar refractivity (Wildman–Crippen MR) is 102 cm³/mol. The van der Waals surface area contributed by atoms with E-state index in [-0.39, 0.29) is 18.0 Å². The quantitative estimate of drug-likeness (QED) is 0.733. The number of ether oxygens (including phenoxy) is 1. The van der Waals surface area contributed by atoms with Gasteiger partial charge in [-0.05, 0) is 43.7 Å². The molecule has 0 atom stereocenters. The molecule has 2 aromatic carbocycles. The van der Waals surface area contributed by atoms with Crippen LogP contribution in [0.25, 0.3) is 0 Å². The third kappa shape index (κ3) is 4.93. The largest absolute Gasteiger partial charge is 0.462 e. The van der Waals surface area contributed by atoms with Crippen molar-refractivity contribution in [3.63, 3.8) is 0 Å². The fourth-order valence-corrected chi connectivity index (χ4v) is 3.60. The number of carbonyl (C=O) groups is 2. The molecule has 0 radical (unpaired) electrons. The van der Waals surface area contributed by atoms with Gasteiger partial charge in [0.15, 0.2) is 0 Å². The Labute approximate surface area is 159 Å². The van der Waals surface area contributed by atoms with Crippen molar-refractivity contribution in [1.82, 2.24) is 4.31 Å². The van der Waals surface area contributed by atoms with E-state index < -0.39 is 21.9 Å².